The summed E-state index contributed by atoms with van der Waals surface area (Å²) in [6, 6.07) is 0. The van der Waals surface area contributed by atoms with Gasteiger partial charge in [-0.05, 0) is 26.2 Å². The zero-order valence-corrected chi connectivity index (χ0v) is 13.7. The van der Waals surface area contributed by atoms with Gasteiger partial charge in [0.15, 0.2) is 0 Å². The summed E-state index contributed by atoms with van der Waals surface area (Å²) in [7, 11) is 0. The summed E-state index contributed by atoms with van der Waals surface area (Å²) in [5.41, 5.74) is -0.225. The summed E-state index contributed by atoms with van der Waals surface area (Å²) in [6.45, 7) is 9.63. The predicted molar refractivity (Wildman–Crippen MR) is 85.3 cm³/mol. The topological polar surface area (TPSA) is 9.23 Å². The molecule has 0 fully saturated rings. The normalized spacial score (nSPS) is 13.7. The molecule has 0 amide bonds. The molecule has 0 saturated heterocycles. The summed E-state index contributed by atoms with van der Waals surface area (Å²) < 4.78 is 5.98. The maximum atomic E-state index is 5.98. The van der Waals surface area contributed by atoms with Crippen LogP contribution in [0.3, 0.4) is 0 Å². The Kier molecular flexibility index (Phi) is 12.2. The van der Waals surface area contributed by atoms with Gasteiger partial charge in [-0.2, -0.15) is 0 Å². The molecule has 112 valence electrons. The molecule has 0 N–H and O–H groups in total. The molecule has 0 aromatic carbocycles. The van der Waals surface area contributed by atoms with Crippen LogP contribution in [-0.2, 0) is 4.74 Å². The second-order valence-electron chi connectivity index (χ2n) is 5.61. The van der Waals surface area contributed by atoms with Gasteiger partial charge in [0.05, 0.1) is 0 Å². The van der Waals surface area contributed by atoms with Crippen molar-refractivity contribution in [1.29, 1.82) is 0 Å². The van der Waals surface area contributed by atoms with Crippen LogP contribution in [0.15, 0.2) is 0 Å². The highest BCUT2D eigenvalue weighted by Gasteiger charge is 2.18. The van der Waals surface area contributed by atoms with Crippen molar-refractivity contribution in [3.8, 4) is 11.8 Å². The van der Waals surface area contributed by atoms with E-state index >= 15 is 0 Å². The average Bonchev–Trinajstić information content (AvgIpc) is 2.42. The van der Waals surface area contributed by atoms with Crippen LogP contribution in [0.5, 0.6) is 0 Å². The number of hydrogen-bond donors (Lipinski definition) is 0. The van der Waals surface area contributed by atoms with E-state index in [2.05, 4.69) is 39.5 Å². The minimum absolute atomic E-state index is 0.225. The van der Waals surface area contributed by atoms with Gasteiger partial charge in [0.1, 0.15) is 5.60 Å². The Bertz CT molecular complexity index is 248. The van der Waals surface area contributed by atoms with Gasteiger partial charge in [-0.15, -0.1) is 5.92 Å². The van der Waals surface area contributed by atoms with Crippen molar-refractivity contribution < 1.29 is 4.74 Å². The van der Waals surface area contributed by atoms with Gasteiger partial charge in [0.25, 0.3) is 0 Å². The van der Waals surface area contributed by atoms with E-state index < -0.39 is 0 Å². The molecule has 0 aliphatic heterocycles. The Morgan fingerprint density at radius 1 is 0.842 bits per heavy atom. The zero-order chi connectivity index (χ0) is 14.4. The summed E-state index contributed by atoms with van der Waals surface area (Å²) >= 11 is 0. The lowest BCUT2D eigenvalue weighted by Crippen LogP contribution is -2.26. The highest BCUT2D eigenvalue weighted by molar-refractivity contribution is 5.12. The van der Waals surface area contributed by atoms with Crippen LogP contribution in [0, 0.1) is 11.8 Å². The number of unbranched alkanes of at least 4 members (excludes halogenated alkanes) is 7. The second-order valence-corrected chi connectivity index (χ2v) is 5.61. The molecule has 0 aliphatic rings. The lowest BCUT2D eigenvalue weighted by atomic mass is 10.0. The van der Waals surface area contributed by atoms with Crippen molar-refractivity contribution in [1.82, 2.24) is 0 Å². The molecular formula is C18H34O. The van der Waals surface area contributed by atoms with Crippen molar-refractivity contribution >= 4 is 0 Å². The van der Waals surface area contributed by atoms with Gasteiger partial charge in [-0.1, -0.05) is 65.2 Å². The summed E-state index contributed by atoms with van der Waals surface area (Å²) in [5.74, 6) is 6.65. The maximum Gasteiger partial charge on any atom is 0.125 e. The molecule has 0 rings (SSSR count). The van der Waals surface area contributed by atoms with E-state index in [4.69, 9.17) is 4.74 Å². The third kappa shape index (κ3) is 11.1. The number of rotatable bonds is 11. The third-order valence-corrected chi connectivity index (χ3v) is 3.60. The van der Waals surface area contributed by atoms with Gasteiger partial charge in [0.2, 0.25) is 0 Å². The average molecular weight is 266 g/mol. The number of hydrogen-bond acceptors (Lipinski definition) is 1. The molecule has 0 bridgehead atoms. The molecule has 0 spiro atoms. The van der Waals surface area contributed by atoms with E-state index in [1.54, 1.807) is 0 Å². The molecule has 1 atom stereocenters. The van der Waals surface area contributed by atoms with Crippen molar-refractivity contribution in [3.63, 3.8) is 0 Å². The Hall–Kier alpha value is -0.480. The molecule has 1 heteroatoms. The summed E-state index contributed by atoms with van der Waals surface area (Å²) in [6.07, 6.45) is 12.2. The lowest BCUT2D eigenvalue weighted by Gasteiger charge is -2.22. The smallest absolute Gasteiger partial charge is 0.125 e. The molecule has 1 unspecified atom stereocenters. The van der Waals surface area contributed by atoms with E-state index in [9.17, 15) is 0 Å². The first-order valence-electron chi connectivity index (χ1n) is 8.32. The standard InChI is InChI=1S/C18H34O/c1-5-8-10-12-13-14-16-18(4,7-3)19-17-15-11-9-6-2/h5-13,15,17H2,1-4H3. The van der Waals surface area contributed by atoms with Crippen LogP contribution in [0.2, 0.25) is 0 Å². The maximum absolute atomic E-state index is 5.98. The Morgan fingerprint density at radius 2 is 1.47 bits per heavy atom. The first-order chi connectivity index (χ1) is 9.18. The molecule has 0 aliphatic carbocycles. The minimum Gasteiger partial charge on any atom is -0.363 e. The molecule has 0 aromatic rings. The van der Waals surface area contributed by atoms with Crippen LogP contribution in [-0.4, -0.2) is 12.2 Å². The van der Waals surface area contributed by atoms with Crippen LogP contribution >= 0.6 is 0 Å². The van der Waals surface area contributed by atoms with Crippen LogP contribution in [0.25, 0.3) is 0 Å². The van der Waals surface area contributed by atoms with Gasteiger partial charge in [-0.25, -0.2) is 0 Å². The first-order valence-corrected chi connectivity index (χ1v) is 8.32. The molecule has 0 radical (unpaired) electrons. The lowest BCUT2D eigenvalue weighted by molar-refractivity contribution is 0.00825. The van der Waals surface area contributed by atoms with Crippen LogP contribution in [0.4, 0.5) is 0 Å². The van der Waals surface area contributed by atoms with E-state index in [-0.39, 0.29) is 5.60 Å². The second kappa shape index (κ2) is 12.5. The van der Waals surface area contributed by atoms with E-state index in [0.717, 1.165) is 19.4 Å². The zero-order valence-electron chi connectivity index (χ0n) is 13.7. The Labute approximate surface area is 121 Å². The largest absolute Gasteiger partial charge is 0.363 e. The highest BCUT2D eigenvalue weighted by atomic mass is 16.5. The fourth-order valence-corrected chi connectivity index (χ4v) is 1.94. The molecule has 19 heavy (non-hydrogen) atoms. The van der Waals surface area contributed by atoms with E-state index in [0.29, 0.717) is 0 Å². The van der Waals surface area contributed by atoms with Crippen molar-refractivity contribution in [2.24, 2.45) is 0 Å². The quantitative estimate of drug-likeness (QED) is 0.343. The molecular weight excluding hydrogens is 232 g/mol. The van der Waals surface area contributed by atoms with Gasteiger partial charge in [-0.3, -0.25) is 0 Å². The Morgan fingerprint density at radius 3 is 2.05 bits per heavy atom. The van der Waals surface area contributed by atoms with E-state index in [1.807, 2.05) is 0 Å². The van der Waals surface area contributed by atoms with Crippen molar-refractivity contribution in [3.05, 3.63) is 0 Å². The van der Waals surface area contributed by atoms with E-state index in [1.165, 1.54) is 51.4 Å². The predicted octanol–water partition coefficient (Wildman–Crippen LogP) is 5.73. The molecule has 0 aromatic heterocycles. The van der Waals surface area contributed by atoms with Gasteiger partial charge < -0.3 is 4.74 Å². The van der Waals surface area contributed by atoms with Crippen LogP contribution in [0.1, 0.15) is 91.9 Å². The van der Waals surface area contributed by atoms with Crippen LogP contribution < -0.4 is 0 Å². The minimum atomic E-state index is -0.225. The molecule has 1 nitrogen and oxygen atoms in total. The number of ether oxygens (including phenoxy) is 1. The SMILES string of the molecule is CCCCCCC#CC(C)(CC)OCCCCCC. The van der Waals surface area contributed by atoms with Gasteiger partial charge in [0, 0.05) is 13.0 Å². The molecule has 0 heterocycles. The van der Waals surface area contributed by atoms with Crippen molar-refractivity contribution in [2.45, 2.75) is 97.5 Å². The summed E-state index contributed by atoms with van der Waals surface area (Å²) in [4.78, 5) is 0. The summed E-state index contributed by atoms with van der Waals surface area (Å²) in [5, 5.41) is 0. The van der Waals surface area contributed by atoms with Gasteiger partial charge >= 0.3 is 0 Å². The fourth-order valence-electron chi connectivity index (χ4n) is 1.94. The highest BCUT2D eigenvalue weighted by Crippen LogP contribution is 2.15. The third-order valence-electron chi connectivity index (χ3n) is 3.60. The fraction of sp³-hybridized carbons (Fsp3) is 0.889. The monoisotopic (exact) mass is 266 g/mol. The van der Waals surface area contributed by atoms with Crippen molar-refractivity contribution in [2.75, 3.05) is 6.61 Å². The Balaban J connectivity index is 3.83. The molecule has 0 saturated carbocycles. The first kappa shape index (κ1) is 18.5.